The highest BCUT2D eigenvalue weighted by atomic mass is 32.2. The smallest absolute Gasteiger partial charge is 0.241 e. The lowest BCUT2D eigenvalue weighted by atomic mass is 10.0. The number of benzene rings is 2. The minimum absolute atomic E-state index is 0.0521. The first-order valence-corrected chi connectivity index (χ1v) is 11.6. The van der Waals surface area contributed by atoms with Crippen LogP contribution in [0.2, 0.25) is 0 Å². The van der Waals surface area contributed by atoms with Crippen LogP contribution >= 0.6 is 11.8 Å². The Kier molecular flexibility index (Phi) is 6.78. The van der Waals surface area contributed by atoms with Gasteiger partial charge in [-0.1, -0.05) is 17.8 Å². The van der Waals surface area contributed by atoms with Gasteiger partial charge in [0.15, 0.2) is 5.17 Å². The van der Waals surface area contributed by atoms with E-state index in [-0.39, 0.29) is 29.7 Å². The SMILES string of the molecule is CCOc1ccc(N2C(=O)C3CNNC3N=C2SCC(=O)Nc2ccc(C)c(C)c2)cc1. The van der Waals surface area contributed by atoms with Gasteiger partial charge in [0.1, 0.15) is 11.9 Å². The molecule has 0 saturated carbocycles. The second kappa shape index (κ2) is 9.72. The molecule has 2 heterocycles. The number of aryl methyl sites for hydroxylation is 2. The third-order valence-electron chi connectivity index (χ3n) is 5.46. The van der Waals surface area contributed by atoms with Crippen molar-refractivity contribution in [3.63, 3.8) is 0 Å². The molecule has 8 nitrogen and oxygen atoms in total. The van der Waals surface area contributed by atoms with Crippen LogP contribution in [0.4, 0.5) is 11.4 Å². The topological polar surface area (TPSA) is 95.1 Å². The molecule has 0 radical (unpaired) electrons. The van der Waals surface area contributed by atoms with E-state index in [9.17, 15) is 9.59 Å². The van der Waals surface area contributed by atoms with Gasteiger partial charge >= 0.3 is 0 Å². The fraction of sp³-hybridized carbons (Fsp3) is 0.348. The summed E-state index contributed by atoms with van der Waals surface area (Å²) in [6.07, 6.45) is -0.341. The van der Waals surface area contributed by atoms with Gasteiger partial charge in [0.05, 0.1) is 24.0 Å². The summed E-state index contributed by atoms with van der Waals surface area (Å²) in [5.74, 6) is 0.373. The Morgan fingerprint density at radius 3 is 2.72 bits per heavy atom. The number of nitrogens with one attached hydrogen (secondary N) is 3. The lowest BCUT2D eigenvalue weighted by Gasteiger charge is -2.32. The molecule has 1 fully saturated rings. The highest BCUT2D eigenvalue weighted by molar-refractivity contribution is 8.14. The van der Waals surface area contributed by atoms with Crippen molar-refractivity contribution < 1.29 is 14.3 Å². The summed E-state index contributed by atoms with van der Waals surface area (Å²) in [6.45, 7) is 7.04. The zero-order chi connectivity index (χ0) is 22.7. The van der Waals surface area contributed by atoms with Crippen molar-refractivity contribution in [1.82, 2.24) is 10.9 Å². The van der Waals surface area contributed by atoms with Crippen LogP contribution in [0.5, 0.6) is 5.75 Å². The minimum Gasteiger partial charge on any atom is -0.494 e. The maximum atomic E-state index is 13.3. The number of carbonyl (C=O) groups excluding carboxylic acids is 2. The Balaban J connectivity index is 1.50. The number of amidine groups is 1. The number of hydrogen-bond donors (Lipinski definition) is 3. The summed E-state index contributed by atoms with van der Waals surface area (Å²) in [4.78, 5) is 32.2. The van der Waals surface area contributed by atoms with Gasteiger partial charge in [0, 0.05) is 12.2 Å². The van der Waals surface area contributed by atoms with Gasteiger partial charge in [0.25, 0.3) is 0 Å². The number of ether oxygens (including phenoxy) is 1. The predicted octanol–water partition coefficient (Wildman–Crippen LogP) is 2.83. The van der Waals surface area contributed by atoms with E-state index in [0.717, 1.165) is 17.0 Å². The summed E-state index contributed by atoms with van der Waals surface area (Å²) >= 11 is 1.25. The van der Waals surface area contributed by atoms with Crippen molar-refractivity contribution in [3.05, 3.63) is 53.6 Å². The van der Waals surface area contributed by atoms with E-state index in [0.29, 0.717) is 24.0 Å². The van der Waals surface area contributed by atoms with E-state index in [1.54, 1.807) is 4.90 Å². The molecule has 9 heteroatoms. The number of amides is 2. The van der Waals surface area contributed by atoms with Gasteiger partial charge in [-0.2, -0.15) is 0 Å². The molecule has 2 aromatic rings. The molecule has 2 aromatic carbocycles. The number of nitrogens with zero attached hydrogens (tertiary/aromatic N) is 2. The number of carbonyl (C=O) groups is 2. The average Bonchev–Trinajstić information content (AvgIpc) is 3.25. The monoisotopic (exact) mass is 453 g/mol. The van der Waals surface area contributed by atoms with E-state index in [1.807, 2.05) is 63.2 Å². The van der Waals surface area contributed by atoms with Crippen LogP contribution in [0.15, 0.2) is 47.5 Å². The van der Waals surface area contributed by atoms with E-state index in [1.165, 1.54) is 17.3 Å². The molecule has 2 aliphatic heterocycles. The van der Waals surface area contributed by atoms with Gasteiger partial charge in [-0.25, -0.2) is 10.4 Å². The van der Waals surface area contributed by atoms with Crippen LogP contribution in [0.25, 0.3) is 0 Å². The molecular weight excluding hydrogens is 426 g/mol. The fourth-order valence-corrected chi connectivity index (χ4v) is 4.46. The third-order valence-corrected chi connectivity index (χ3v) is 6.41. The first-order chi connectivity index (χ1) is 15.5. The highest BCUT2D eigenvalue weighted by Gasteiger charge is 2.42. The summed E-state index contributed by atoms with van der Waals surface area (Å²) in [6, 6.07) is 13.2. The molecule has 0 aromatic heterocycles. The molecule has 3 N–H and O–H groups in total. The molecule has 0 aliphatic carbocycles. The lowest BCUT2D eigenvalue weighted by molar-refractivity contribution is -0.121. The van der Waals surface area contributed by atoms with Crippen LogP contribution in [0, 0.1) is 19.8 Å². The number of hydrogen-bond acceptors (Lipinski definition) is 7. The highest BCUT2D eigenvalue weighted by Crippen LogP contribution is 2.30. The van der Waals surface area contributed by atoms with Gasteiger partial charge in [0.2, 0.25) is 11.8 Å². The molecular formula is C23H27N5O3S. The Bertz CT molecular complexity index is 1040. The van der Waals surface area contributed by atoms with Crippen LogP contribution < -0.4 is 25.8 Å². The van der Waals surface area contributed by atoms with Crippen LogP contribution in [0.3, 0.4) is 0 Å². The Labute approximate surface area is 191 Å². The Hall–Kier alpha value is -2.88. The maximum Gasteiger partial charge on any atom is 0.241 e. The first kappa shape index (κ1) is 22.3. The van der Waals surface area contributed by atoms with Gasteiger partial charge in [-0.15, -0.1) is 0 Å². The fourth-order valence-electron chi connectivity index (χ4n) is 3.61. The van der Waals surface area contributed by atoms with Gasteiger partial charge < -0.3 is 10.1 Å². The molecule has 2 atom stereocenters. The number of rotatable bonds is 6. The number of anilines is 2. The summed E-state index contributed by atoms with van der Waals surface area (Å²) < 4.78 is 5.51. The largest absolute Gasteiger partial charge is 0.494 e. The molecule has 32 heavy (non-hydrogen) atoms. The third kappa shape index (κ3) is 4.79. The Morgan fingerprint density at radius 1 is 1.22 bits per heavy atom. The Morgan fingerprint density at radius 2 is 2.00 bits per heavy atom. The number of thioether (sulfide) groups is 1. The van der Waals surface area contributed by atoms with Gasteiger partial charge in [-0.05, 0) is 68.3 Å². The lowest BCUT2D eigenvalue weighted by Crippen LogP contribution is -2.49. The molecule has 2 amide bonds. The van der Waals surface area contributed by atoms with Crippen molar-refractivity contribution in [3.8, 4) is 5.75 Å². The van der Waals surface area contributed by atoms with E-state index in [4.69, 9.17) is 9.73 Å². The van der Waals surface area contributed by atoms with Crippen molar-refractivity contribution in [2.45, 2.75) is 26.9 Å². The van der Waals surface area contributed by atoms with Crippen molar-refractivity contribution in [2.24, 2.45) is 10.9 Å². The zero-order valence-electron chi connectivity index (χ0n) is 18.3. The zero-order valence-corrected chi connectivity index (χ0v) is 19.2. The molecule has 2 unspecified atom stereocenters. The first-order valence-electron chi connectivity index (χ1n) is 10.6. The molecule has 4 rings (SSSR count). The van der Waals surface area contributed by atoms with Crippen LogP contribution in [-0.4, -0.2) is 42.1 Å². The molecule has 0 bridgehead atoms. The van der Waals surface area contributed by atoms with Crippen molar-refractivity contribution in [2.75, 3.05) is 29.1 Å². The van der Waals surface area contributed by atoms with E-state index >= 15 is 0 Å². The van der Waals surface area contributed by atoms with Gasteiger partial charge in [-0.3, -0.25) is 19.9 Å². The number of fused-ring (bicyclic) bond motifs is 1. The number of hydrazine groups is 1. The quantitative estimate of drug-likeness (QED) is 0.623. The molecule has 0 spiro atoms. The normalized spacial score (nSPS) is 20.0. The molecule has 2 aliphatic rings. The molecule has 168 valence electrons. The summed E-state index contributed by atoms with van der Waals surface area (Å²) in [5, 5.41) is 3.41. The van der Waals surface area contributed by atoms with Crippen molar-refractivity contribution >= 4 is 40.1 Å². The van der Waals surface area contributed by atoms with E-state index in [2.05, 4.69) is 16.2 Å². The predicted molar refractivity (Wildman–Crippen MR) is 128 cm³/mol. The maximum absolute atomic E-state index is 13.3. The van der Waals surface area contributed by atoms with Crippen LogP contribution in [0.1, 0.15) is 18.1 Å². The summed E-state index contributed by atoms with van der Waals surface area (Å²) in [7, 11) is 0. The second-order valence-electron chi connectivity index (χ2n) is 7.72. The standard InChI is InChI=1S/C23H27N5O3S/c1-4-31-18-9-7-17(8-10-18)28-22(30)19-12-24-27-21(19)26-23(28)32-13-20(29)25-16-6-5-14(2)15(3)11-16/h5-11,19,21,24,27H,4,12-13H2,1-3H3,(H,25,29). The summed E-state index contributed by atoms with van der Waals surface area (Å²) in [5.41, 5.74) is 9.79. The molecule has 1 saturated heterocycles. The van der Waals surface area contributed by atoms with E-state index < -0.39 is 0 Å². The number of aliphatic imine (C=N–C) groups is 1. The van der Waals surface area contributed by atoms with Crippen molar-refractivity contribution in [1.29, 1.82) is 0 Å². The minimum atomic E-state index is -0.341. The van der Waals surface area contributed by atoms with Crippen LogP contribution in [-0.2, 0) is 9.59 Å². The second-order valence-corrected chi connectivity index (χ2v) is 8.67. The average molecular weight is 454 g/mol.